The van der Waals surface area contributed by atoms with Crippen molar-refractivity contribution in [3.05, 3.63) is 0 Å². The molecule has 0 amide bonds. The Balaban J connectivity index is 2.23. The molecule has 0 aromatic rings. The minimum atomic E-state index is 0.406. The molecule has 1 saturated heterocycles. The second-order valence-corrected chi connectivity index (χ2v) is 3.06. The Kier molecular flexibility index (Phi) is 2.95. The van der Waals surface area contributed by atoms with Gasteiger partial charge in [0.1, 0.15) is 0 Å². The van der Waals surface area contributed by atoms with Crippen LogP contribution in [0.3, 0.4) is 0 Å². The largest absolute Gasteiger partial charge is 0.375 e. The Bertz CT molecular complexity index is 89.1. The summed E-state index contributed by atoms with van der Waals surface area (Å²) in [6.45, 7) is 3.02. The number of alkyl halides is 1. The molecule has 1 aliphatic heterocycles. The Morgan fingerprint density at radius 3 is 3.00 bits per heavy atom. The van der Waals surface area contributed by atoms with Gasteiger partial charge in [-0.05, 0) is 7.05 Å². The molecule has 0 saturated carbocycles. The maximum atomic E-state index is 5.41. The van der Waals surface area contributed by atoms with Crippen molar-refractivity contribution in [2.45, 2.75) is 6.10 Å². The zero-order valence-electron chi connectivity index (χ0n) is 5.64. The van der Waals surface area contributed by atoms with Crippen LogP contribution in [0.4, 0.5) is 0 Å². The fourth-order valence-electron chi connectivity index (χ4n) is 0.960. The topological polar surface area (TPSA) is 12.5 Å². The Morgan fingerprint density at radius 2 is 2.56 bits per heavy atom. The molecule has 0 aromatic heterocycles. The van der Waals surface area contributed by atoms with Gasteiger partial charge in [0.05, 0.1) is 12.7 Å². The van der Waals surface area contributed by atoms with Gasteiger partial charge in [0.15, 0.2) is 0 Å². The van der Waals surface area contributed by atoms with Crippen LogP contribution in [0.2, 0.25) is 0 Å². The smallest absolute Gasteiger partial charge is 0.0799 e. The van der Waals surface area contributed by atoms with Crippen molar-refractivity contribution in [2.75, 3.05) is 32.1 Å². The van der Waals surface area contributed by atoms with E-state index < -0.39 is 0 Å². The minimum Gasteiger partial charge on any atom is -0.375 e. The number of hydrogen-bond donors (Lipinski definition) is 0. The van der Waals surface area contributed by atoms with Crippen molar-refractivity contribution in [3.63, 3.8) is 0 Å². The van der Waals surface area contributed by atoms with Crippen molar-refractivity contribution in [1.82, 2.24) is 4.90 Å². The molecule has 1 rings (SSSR count). The van der Waals surface area contributed by atoms with Gasteiger partial charge in [-0.25, -0.2) is 0 Å². The summed E-state index contributed by atoms with van der Waals surface area (Å²) < 4.78 is 5.41. The van der Waals surface area contributed by atoms with E-state index in [9.17, 15) is 0 Å². The van der Waals surface area contributed by atoms with Gasteiger partial charge in [-0.15, -0.1) is 0 Å². The molecule has 0 aliphatic carbocycles. The molecule has 1 fully saturated rings. The molecule has 1 heterocycles. The first kappa shape index (κ1) is 7.51. The van der Waals surface area contributed by atoms with Crippen molar-refractivity contribution < 1.29 is 4.74 Å². The molecule has 0 unspecified atom stereocenters. The van der Waals surface area contributed by atoms with Crippen LogP contribution in [0.1, 0.15) is 0 Å². The van der Waals surface area contributed by atoms with Gasteiger partial charge in [-0.2, -0.15) is 0 Å². The third kappa shape index (κ3) is 2.24. The van der Waals surface area contributed by atoms with Gasteiger partial charge < -0.3 is 9.64 Å². The van der Waals surface area contributed by atoms with E-state index in [1.807, 2.05) is 0 Å². The maximum Gasteiger partial charge on any atom is 0.0799 e. The highest BCUT2D eigenvalue weighted by Crippen LogP contribution is 2.04. The number of halogens is 1. The van der Waals surface area contributed by atoms with Crippen molar-refractivity contribution in [3.8, 4) is 0 Å². The van der Waals surface area contributed by atoms with E-state index in [0.717, 1.165) is 25.0 Å². The van der Waals surface area contributed by atoms with Gasteiger partial charge in [0.25, 0.3) is 0 Å². The fourth-order valence-corrected chi connectivity index (χ4v) is 1.35. The van der Waals surface area contributed by atoms with Gasteiger partial charge >= 0.3 is 0 Å². The first-order chi connectivity index (χ1) is 4.33. The predicted molar refractivity (Wildman–Crippen MR) is 41.0 cm³/mol. The fraction of sp³-hybridized carbons (Fsp3) is 1.00. The van der Waals surface area contributed by atoms with Crippen LogP contribution < -0.4 is 0 Å². The van der Waals surface area contributed by atoms with Crippen molar-refractivity contribution in [1.29, 1.82) is 0 Å². The number of nitrogens with zero attached hydrogens (tertiary/aromatic N) is 1. The molecule has 9 heavy (non-hydrogen) atoms. The molecular formula is C6H12BrNO. The van der Waals surface area contributed by atoms with Gasteiger partial charge in [-0.1, -0.05) is 15.9 Å². The average Bonchev–Trinajstić information content (AvgIpc) is 1.88. The lowest BCUT2D eigenvalue weighted by Crippen LogP contribution is -2.40. The number of ether oxygens (including phenoxy) is 1. The second-order valence-electron chi connectivity index (χ2n) is 2.41. The zero-order chi connectivity index (χ0) is 6.69. The highest BCUT2D eigenvalue weighted by atomic mass is 79.9. The molecule has 0 N–H and O–H groups in total. The molecule has 0 spiro atoms. The highest BCUT2D eigenvalue weighted by Gasteiger charge is 2.15. The first-order valence-corrected chi connectivity index (χ1v) is 4.31. The molecule has 2 nitrogen and oxygen atoms in total. The van der Waals surface area contributed by atoms with Crippen molar-refractivity contribution >= 4 is 15.9 Å². The monoisotopic (exact) mass is 193 g/mol. The second kappa shape index (κ2) is 3.54. The quantitative estimate of drug-likeness (QED) is 0.570. The summed E-state index contributed by atoms with van der Waals surface area (Å²) in [5, 5.41) is 0.956. The number of morpholine rings is 1. The molecule has 1 atom stereocenters. The average molecular weight is 194 g/mol. The molecule has 1 aliphatic rings. The number of hydrogen-bond acceptors (Lipinski definition) is 2. The highest BCUT2D eigenvalue weighted by molar-refractivity contribution is 9.09. The number of rotatable bonds is 1. The molecule has 3 heteroatoms. The Labute approximate surface area is 64.3 Å². The molecule has 0 aromatic carbocycles. The van der Waals surface area contributed by atoms with Gasteiger partial charge in [0, 0.05) is 18.4 Å². The van der Waals surface area contributed by atoms with E-state index >= 15 is 0 Å². The SMILES string of the molecule is CN1CCO[C@@H](CBr)C1. The third-order valence-corrected chi connectivity index (χ3v) is 2.24. The van der Waals surface area contributed by atoms with Crippen molar-refractivity contribution in [2.24, 2.45) is 0 Å². The lowest BCUT2D eigenvalue weighted by Gasteiger charge is -2.28. The third-order valence-electron chi connectivity index (χ3n) is 1.51. The Morgan fingerprint density at radius 1 is 1.78 bits per heavy atom. The summed E-state index contributed by atoms with van der Waals surface area (Å²) >= 11 is 3.39. The Hall–Kier alpha value is 0.400. The van der Waals surface area contributed by atoms with Crippen LogP contribution in [0, 0.1) is 0 Å². The normalized spacial score (nSPS) is 30.7. The van der Waals surface area contributed by atoms with Gasteiger partial charge in [0.2, 0.25) is 0 Å². The van der Waals surface area contributed by atoms with Crippen LogP contribution in [0.25, 0.3) is 0 Å². The van der Waals surface area contributed by atoms with E-state index in [4.69, 9.17) is 4.74 Å². The lowest BCUT2D eigenvalue weighted by molar-refractivity contribution is -0.00535. The van der Waals surface area contributed by atoms with E-state index in [-0.39, 0.29) is 0 Å². The summed E-state index contributed by atoms with van der Waals surface area (Å²) in [6.07, 6.45) is 0.406. The molecule has 54 valence electrons. The van der Waals surface area contributed by atoms with Crippen LogP contribution in [0.15, 0.2) is 0 Å². The maximum absolute atomic E-state index is 5.41. The standard InChI is InChI=1S/C6H12BrNO/c1-8-2-3-9-6(4-7)5-8/h6H,2-5H2,1H3/t6-/m0/s1. The summed E-state index contributed by atoms with van der Waals surface area (Å²) in [5.74, 6) is 0. The van der Waals surface area contributed by atoms with Crippen LogP contribution >= 0.6 is 15.9 Å². The minimum absolute atomic E-state index is 0.406. The summed E-state index contributed by atoms with van der Waals surface area (Å²) in [7, 11) is 2.12. The van der Waals surface area contributed by atoms with Crippen LogP contribution in [0.5, 0.6) is 0 Å². The summed E-state index contributed by atoms with van der Waals surface area (Å²) in [5.41, 5.74) is 0. The summed E-state index contributed by atoms with van der Waals surface area (Å²) in [6, 6.07) is 0. The summed E-state index contributed by atoms with van der Waals surface area (Å²) in [4.78, 5) is 2.29. The molecule has 0 radical (unpaired) electrons. The van der Waals surface area contributed by atoms with E-state index in [0.29, 0.717) is 6.10 Å². The van der Waals surface area contributed by atoms with E-state index in [1.54, 1.807) is 0 Å². The van der Waals surface area contributed by atoms with E-state index in [1.165, 1.54) is 0 Å². The predicted octanol–water partition coefficient (Wildman–Crippen LogP) is 0.712. The first-order valence-electron chi connectivity index (χ1n) is 3.19. The van der Waals surface area contributed by atoms with E-state index in [2.05, 4.69) is 27.9 Å². The van der Waals surface area contributed by atoms with Crippen LogP contribution in [-0.2, 0) is 4.74 Å². The zero-order valence-corrected chi connectivity index (χ0v) is 7.23. The van der Waals surface area contributed by atoms with Gasteiger partial charge in [-0.3, -0.25) is 0 Å². The van der Waals surface area contributed by atoms with Crippen LogP contribution in [-0.4, -0.2) is 43.1 Å². The molecule has 0 bridgehead atoms. The lowest BCUT2D eigenvalue weighted by atomic mass is 10.3. The molecular weight excluding hydrogens is 182 g/mol. The number of likely N-dealkylation sites (N-methyl/N-ethyl adjacent to an activating group) is 1.